The first kappa shape index (κ1) is 12.4. The van der Waals surface area contributed by atoms with Gasteiger partial charge in [0.2, 0.25) is 0 Å². The molecule has 1 rings (SSSR count). The van der Waals surface area contributed by atoms with Crippen LogP contribution in [-0.2, 0) is 0 Å². The minimum absolute atomic E-state index is 0.00407. The maximum absolute atomic E-state index is 12.0. The first-order chi connectivity index (χ1) is 7.60. The van der Waals surface area contributed by atoms with Crippen LogP contribution in [0.5, 0.6) is 0 Å². The van der Waals surface area contributed by atoms with Crippen LogP contribution in [0.2, 0.25) is 0 Å². The molecule has 0 aliphatic rings. The minimum atomic E-state index is -0.00407. The number of hydrogen-bond donors (Lipinski definition) is 1. The van der Waals surface area contributed by atoms with Crippen LogP contribution in [0.25, 0.3) is 0 Å². The predicted octanol–water partition coefficient (Wildman–Crippen LogP) is 2.17. The molecule has 0 heterocycles. The van der Waals surface area contributed by atoms with E-state index in [4.69, 9.17) is 5.73 Å². The molecule has 2 amide bonds. The molecule has 1 aromatic carbocycles. The Kier molecular flexibility index (Phi) is 4.17. The van der Waals surface area contributed by atoms with Gasteiger partial charge in [-0.2, -0.15) is 0 Å². The Hall–Kier alpha value is -1.71. The Morgan fingerprint density at radius 2 is 2.00 bits per heavy atom. The lowest BCUT2D eigenvalue weighted by molar-refractivity contribution is 0.218. The predicted molar refractivity (Wildman–Crippen MR) is 67.6 cm³/mol. The van der Waals surface area contributed by atoms with Crippen molar-refractivity contribution in [2.45, 2.75) is 13.8 Å². The normalized spacial score (nSPS) is 9.94. The van der Waals surface area contributed by atoms with E-state index < -0.39 is 0 Å². The van der Waals surface area contributed by atoms with Gasteiger partial charge in [0.25, 0.3) is 0 Å². The van der Waals surface area contributed by atoms with Crippen LogP contribution >= 0.6 is 0 Å². The van der Waals surface area contributed by atoms with E-state index in [1.807, 2.05) is 38.1 Å². The van der Waals surface area contributed by atoms with E-state index >= 15 is 0 Å². The Morgan fingerprint density at radius 3 is 2.50 bits per heavy atom. The quantitative estimate of drug-likeness (QED) is 0.795. The van der Waals surface area contributed by atoms with Crippen LogP contribution in [-0.4, -0.2) is 31.1 Å². The highest BCUT2D eigenvalue weighted by atomic mass is 16.2. The average molecular weight is 221 g/mol. The number of nitrogens with zero attached hydrogens (tertiary/aromatic N) is 2. The van der Waals surface area contributed by atoms with E-state index in [9.17, 15) is 4.79 Å². The molecule has 4 heteroatoms. The van der Waals surface area contributed by atoms with Gasteiger partial charge in [0.05, 0.1) is 0 Å². The van der Waals surface area contributed by atoms with E-state index in [1.54, 1.807) is 16.8 Å². The highest BCUT2D eigenvalue weighted by molar-refractivity contribution is 5.92. The van der Waals surface area contributed by atoms with Gasteiger partial charge in [-0.15, -0.1) is 0 Å². The van der Waals surface area contributed by atoms with Gasteiger partial charge in [0.1, 0.15) is 0 Å². The van der Waals surface area contributed by atoms with Crippen molar-refractivity contribution in [2.24, 2.45) is 0 Å². The van der Waals surface area contributed by atoms with Crippen LogP contribution in [0.3, 0.4) is 0 Å². The molecule has 0 bridgehead atoms. The summed E-state index contributed by atoms with van der Waals surface area (Å²) in [5.74, 6) is 0. The lowest BCUT2D eigenvalue weighted by atomic mass is 10.2. The highest BCUT2D eigenvalue weighted by Crippen LogP contribution is 2.18. The van der Waals surface area contributed by atoms with Gasteiger partial charge in [-0.3, -0.25) is 4.90 Å². The van der Waals surface area contributed by atoms with Gasteiger partial charge in [0, 0.05) is 31.5 Å². The second kappa shape index (κ2) is 5.39. The SMILES string of the molecule is CCN(C)C(=O)N(CC)c1cccc(N)c1. The van der Waals surface area contributed by atoms with Crippen molar-refractivity contribution in [3.8, 4) is 0 Å². The minimum Gasteiger partial charge on any atom is -0.399 e. The van der Waals surface area contributed by atoms with E-state index in [0.717, 1.165) is 5.69 Å². The van der Waals surface area contributed by atoms with Gasteiger partial charge in [-0.05, 0) is 32.0 Å². The second-order valence-electron chi connectivity index (χ2n) is 3.64. The summed E-state index contributed by atoms with van der Waals surface area (Å²) in [5.41, 5.74) is 7.22. The van der Waals surface area contributed by atoms with Crippen molar-refractivity contribution < 1.29 is 4.79 Å². The number of nitrogen functional groups attached to an aromatic ring is 1. The van der Waals surface area contributed by atoms with Crippen LogP contribution in [0.1, 0.15) is 13.8 Å². The van der Waals surface area contributed by atoms with Crippen LogP contribution in [0, 0.1) is 0 Å². The fourth-order valence-corrected chi connectivity index (χ4v) is 1.46. The fraction of sp³-hybridized carbons (Fsp3) is 0.417. The number of hydrogen-bond acceptors (Lipinski definition) is 2. The zero-order chi connectivity index (χ0) is 12.1. The number of nitrogens with two attached hydrogens (primary N) is 1. The largest absolute Gasteiger partial charge is 0.399 e. The van der Waals surface area contributed by atoms with Crippen molar-refractivity contribution in [3.05, 3.63) is 24.3 Å². The van der Waals surface area contributed by atoms with E-state index in [-0.39, 0.29) is 6.03 Å². The molecule has 0 radical (unpaired) electrons. The number of urea groups is 1. The third kappa shape index (κ3) is 2.66. The lowest BCUT2D eigenvalue weighted by Gasteiger charge is -2.26. The van der Waals surface area contributed by atoms with E-state index in [0.29, 0.717) is 18.8 Å². The Balaban J connectivity index is 2.94. The second-order valence-corrected chi connectivity index (χ2v) is 3.64. The highest BCUT2D eigenvalue weighted by Gasteiger charge is 2.16. The van der Waals surface area contributed by atoms with Crippen molar-refractivity contribution >= 4 is 17.4 Å². The molecule has 0 unspecified atom stereocenters. The molecule has 0 atom stereocenters. The van der Waals surface area contributed by atoms with Crippen molar-refractivity contribution in [2.75, 3.05) is 30.8 Å². The molecule has 2 N–H and O–H groups in total. The first-order valence-electron chi connectivity index (χ1n) is 5.48. The third-order valence-electron chi connectivity index (χ3n) is 2.53. The van der Waals surface area contributed by atoms with Crippen molar-refractivity contribution in [3.63, 3.8) is 0 Å². The molecule has 0 spiro atoms. The average Bonchev–Trinajstić information content (AvgIpc) is 2.29. The summed E-state index contributed by atoms with van der Waals surface area (Å²) in [5, 5.41) is 0. The lowest BCUT2D eigenvalue weighted by Crippen LogP contribution is -2.41. The summed E-state index contributed by atoms with van der Waals surface area (Å²) in [4.78, 5) is 15.4. The molecule has 0 aliphatic carbocycles. The van der Waals surface area contributed by atoms with E-state index in [2.05, 4.69) is 0 Å². The van der Waals surface area contributed by atoms with Gasteiger partial charge in [-0.1, -0.05) is 6.07 Å². The van der Waals surface area contributed by atoms with Gasteiger partial charge >= 0.3 is 6.03 Å². The molecule has 0 fully saturated rings. The maximum Gasteiger partial charge on any atom is 0.324 e. The van der Waals surface area contributed by atoms with Crippen molar-refractivity contribution in [1.82, 2.24) is 4.90 Å². The molecule has 0 aromatic heterocycles. The molecule has 16 heavy (non-hydrogen) atoms. The van der Waals surface area contributed by atoms with Gasteiger partial charge in [0.15, 0.2) is 0 Å². The van der Waals surface area contributed by atoms with Crippen LogP contribution in [0.15, 0.2) is 24.3 Å². The monoisotopic (exact) mass is 221 g/mol. The molecule has 1 aromatic rings. The summed E-state index contributed by atoms with van der Waals surface area (Å²) in [6, 6.07) is 7.36. The Bertz CT molecular complexity index is 365. The number of carbonyl (C=O) groups excluding carboxylic acids is 1. The van der Waals surface area contributed by atoms with Gasteiger partial charge < -0.3 is 10.6 Å². The molecular weight excluding hydrogens is 202 g/mol. The number of rotatable bonds is 3. The zero-order valence-corrected chi connectivity index (χ0v) is 10.1. The third-order valence-corrected chi connectivity index (χ3v) is 2.53. The van der Waals surface area contributed by atoms with Gasteiger partial charge in [-0.25, -0.2) is 4.79 Å². The van der Waals surface area contributed by atoms with Crippen LogP contribution in [0.4, 0.5) is 16.2 Å². The topological polar surface area (TPSA) is 49.6 Å². The zero-order valence-electron chi connectivity index (χ0n) is 10.1. The maximum atomic E-state index is 12.0. The number of amides is 2. The summed E-state index contributed by atoms with van der Waals surface area (Å²) >= 11 is 0. The standard InChI is InChI=1S/C12H19N3O/c1-4-14(3)12(16)15(5-2)11-8-6-7-10(13)9-11/h6-9H,4-5,13H2,1-3H3. The molecule has 4 nitrogen and oxygen atoms in total. The Labute approximate surface area is 96.6 Å². The summed E-state index contributed by atoms with van der Waals surface area (Å²) in [6.07, 6.45) is 0. The summed E-state index contributed by atoms with van der Waals surface area (Å²) in [7, 11) is 1.79. The molecule has 0 saturated carbocycles. The Morgan fingerprint density at radius 1 is 1.31 bits per heavy atom. The molecule has 88 valence electrons. The summed E-state index contributed by atoms with van der Waals surface area (Å²) in [6.45, 7) is 5.22. The summed E-state index contributed by atoms with van der Waals surface area (Å²) < 4.78 is 0. The van der Waals surface area contributed by atoms with Crippen molar-refractivity contribution in [1.29, 1.82) is 0 Å². The first-order valence-corrected chi connectivity index (χ1v) is 5.48. The number of benzene rings is 1. The number of carbonyl (C=O) groups is 1. The molecule has 0 saturated heterocycles. The number of anilines is 2. The molecular formula is C12H19N3O. The fourth-order valence-electron chi connectivity index (χ4n) is 1.46. The van der Waals surface area contributed by atoms with E-state index in [1.165, 1.54) is 0 Å². The smallest absolute Gasteiger partial charge is 0.324 e. The van der Waals surface area contributed by atoms with Crippen LogP contribution < -0.4 is 10.6 Å². The molecule has 0 aliphatic heterocycles.